The van der Waals surface area contributed by atoms with Gasteiger partial charge in [0.25, 0.3) is 5.56 Å². The van der Waals surface area contributed by atoms with E-state index in [2.05, 4.69) is 15.0 Å². The first-order valence-electron chi connectivity index (χ1n) is 8.46. The van der Waals surface area contributed by atoms with E-state index in [0.29, 0.717) is 16.8 Å². The Morgan fingerprint density at radius 1 is 0.964 bits per heavy atom. The zero-order chi connectivity index (χ0) is 19.9. The molecule has 2 N–H and O–H groups in total. The molecule has 0 saturated carbocycles. The number of aromatic nitrogens is 1. The van der Waals surface area contributed by atoms with Crippen molar-refractivity contribution < 1.29 is 19.1 Å². The molecular weight excluding hydrogens is 360 g/mol. The lowest BCUT2D eigenvalue weighted by atomic mass is 10.1. The summed E-state index contributed by atoms with van der Waals surface area (Å²) in [6.07, 6.45) is -0.718. The number of rotatable bonds is 5. The number of pyridine rings is 1. The van der Waals surface area contributed by atoms with E-state index in [1.54, 1.807) is 30.3 Å². The second-order valence-corrected chi connectivity index (χ2v) is 5.87. The van der Waals surface area contributed by atoms with E-state index in [1.165, 1.54) is 13.2 Å². The highest BCUT2D eigenvalue weighted by atomic mass is 16.5. The number of esters is 1. The number of nitrogens with one attached hydrogen (secondary N) is 2. The predicted molar refractivity (Wildman–Crippen MR) is 104 cm³/mol. The fraction of sp³-hybridized carbons (Fsp3) is 0.0952. The van der Waals surface area contributed by atoms with Crippen LogP contribution in [0.5, 0.6) is 0 Å². The van der Waals surface area contributed by atoms with E-state index < -0.39 is 17.6 Å². The van der Waals surface area contributed by atoms with Gasteiger partial charge in [0.1, 0.15) is 12.3 Å². The summed E-state index contributed by atoms with van der Waals surface area (Å²) in [5.74, 6) is -0.436. The van der Waals surface area contributed by atoms with E-state index >= 15 is 0 Å². The van der Waals surface area contributed by atoms with Gasteiger partial charge >= 0.3 is 12.1 Å². The molecule has 0 bridgehead atoms. The molecule has 0 radical (unpaired) electrons. The van der Waals surface area contributed by atoms with Crippen molar-refractivity contribution in [2.75, 3.05) is 12.4 Å². The van der Waals surface area contributed by atoms with Gasteiger partial charge in [-0.1, -0.05) is 42.5 Å². The quantitative estimate of drug-likeness (QED) is 0.662. The maximum atomic E-state index is 12.2. The number of hydrogen-bond donors (Lipinski definition) is 2. The number of ether oxygens (including phenoxy) is 2. The van der Waals surface area contributed by atoms with Crippen LogP contribution < -0.4 is 10.9 Å². The molecule has 0 atom stereocenters. The third-order valence-corrected chi connectivity index (χ3v) is 3.98. The molecule has 0 saturated heterocycles. The fourth-order valence-corrected chi connectivity index (χ4v) is 2.51. The van der Waals surface area contributed by atoms with E-state index in [9.17, 15) is 14.4 Å². The monoisotopic (exact) mass is 378 g/mol. The van der Waals surface area contributed by atoms with Gasteiger partial charge in [0, 0.05) is 5.69 Å². The maximum Gasteiger partial charge on any atom is 0.412 e. The lowest BCUT2D eigenvalue weighted by molar-refractivity contribution is 0.0600. The molecule has 28 heavy (non-hydrogen) atoms. The molecule has 142 valence electrons. The average molecular weight is 378 g/mol. The van der Waals surface area contributed by atoms with Gasteiger partial charge in [-0.15, -0.1) is 0 Å². The highest BCUT2D eigenvalue weighted by molar-refractivity contribution is 5.90. The molecule has 3 rings (SSSR count). The summed E-state index contributed by atoms with van der Waals surface area (Å²) in [6.45, 7) is 0.106. The number of methoxy groups -OCH3 is 1. The van der Waals surface area contributed by atoms with Gasteiger partial charge < -0.3 is 14.5 Å². The molecule has 0 unspecified atom stereocenters. The van der Waals surface area contributed by atoms with Crippen molar-refractivity contribution in [3.05, 3.63) is 88.2 Å². The first-order chi connectivity index (χ1) is 13.6. The zero-order valence-corrected chi connectivity index (χ0v) is 15.1. The van der Waals surface area contributed by atoms with Gasteiger partial charge in [-0.25, -0.2) is 9.59 Å². The van der Waals surface area contributed by atoms with Crippen LogP contribution >= 0.6 is 0 Å². The fourth-order valence-electron chi connectivity index (χ4n) is 2.51. The topological polar surface area (TPSA) is 97.5 Å². The first-order valence-corrected chi connectivity index (χ1v) is 8.46. The van der Waals surface area contributed by atoms with Crippen molar-refractivity contribution >= 4 is 17.7 Å². The Kier molecular flexibility index (Phi) is 5.86. The summed E-state index contributed by atoms with van der Waals surface area (Å²) in [5.41, 5.74) is 2.12. The molecular formula is C21H18N2O5. The van der Waals surface area contributed by atoms with Crippen molar-refractivity contribution in [2.45, 2.75) is 6.61 Å². The van der Waals surface area contributed by atoms with Crippen molar-refractivity contribution in [3.8, 4) is 11.3 Å². The summed E-state index contributed by atoms with van der Waals surface area (Å²) in [4.78, 5) is 38.3. The molecule has 3 aromatic rings. The number of carbonyl (C=O) groups is 2. The van der Waals surface area contributed by atoms with Crippen LogP contribution in [0.1, 0.15) is 15.9 Å². The molecule has 0 fully saturated rings. The smallest absolute Gasteiger partial charge is 0.412 e. The molecule has 0 spiro atoms. The number of hydrogen-bond acceptors (Lipinski definition) is 5. The summed E-state index contributed by atoms with van der Waals surface area (Å²) >= 11 is 0. The van der Waals surface area contributed by atoms with Gasteiger partial charge in [-0.3, -0.25) is 10.1 Å². The lowest BCUT2D eigenvalue weighted by Crippen LogP contribution is -2.20. The third kappa shape index (κ3) is 4.64. The molecule has 1 heterocycles. The van der Waals surface area contributed by atoms with Crippen molar-refractivity contribution in [3.63, 3.8) is 0 Å². The Morgan fingerprint density at radius 3 is 2.32 bits per heavy atom. The average Bonchev–Trinajstić information content (AvgIpc) is 2.74. The summed E-state index contributed by atoms with van der Waals surface area (Å²) < 4.78 is 9.75. The van der Waals surface area contributed by atoms with Gasteiger partial charge in [0.05, 0.1) is 12.7 Å². The van der Waals surface area contributed by atoms with Crippen LogP contribution in [-0.4, -0.2) is 24.2 Å². The van der Waals surface area contributed by atoms with Crippen LogP contribution in [-0.2, 0) is 16.1 Å². The van der Waals surface area contributed by atoms with Gasteiger partial charge in [-0.05, 0) is 35.4 Å². The zero-order valence-electron chi connectivity index (χ0n) is 15.1. The Bertz CT molecular complexity index is 1030. The van der Waals surface area contributed by atoms with Crippen LogP contribution in [0.4, 0.5) is 10.5 Å². The number of amides is 1. The van der Waals surface area contributed by atoms with Crippen LogP contribution in [0.15, 0.2) is 71.5 Å². The van der Waals surface area contributed by atoms with E-state index in [1.807, 2.05) is 30.3 Å². The minimum absolute atomic E-state index is 0.0768. The lowest BCUT2D eigenvalue weighted by Gasteiger charge is -2.08. The maximum absolute atomic E-state index is 12.2. The van der Waals surface area contributed by atoms with Gasteiger partial charge in [-0.2, -0.15) is 0 Å². The molecule has 7 heteroatoms. The van der Waals surface area contributed by atoms with Crippen LogP contribution in [0.25, 0.3) is 11.3 Å². The summed E-state index contributed by atoms with van der Waals surface area (Å²) in [5, 5.41) is 2.42. The minimum Gasteiger partial charge on any atom is -0.465 e. The van der Waals surface area contributed by atoms with Crippen LogP contribution in [0, 0.1) is 0 Å². The molecule has 1 aromatic heterocycles. The molecule has 1 amide bonds. The first kappa shape index (κ1) is 18.9. The Hall–Kier alpha value is -3.87. The highest BCUT2D eigenvalue weighted by Crippen LogP contribution is 2.18. The molecule has 0 aliphatic rings. The second kappa shape index (κ2) is 8.68. The van der Waals surface area contributed by atoms with Crippen LogP contribution in [0.3, 0.4) is 0 Å². The van der Waals surface area contributed by atoms with Crippen molar-refractivity contribution in [1.29, 1.82) is 0 Å². The summed E-state index contributed by atoms with van der Waals surface area (Å²) in [7, 11) is 1.31. The second-order valence-electron chi connectivity index (χ2n) is 5.87. The van der Waals surface area contributed by atoms with Crippen molar-refractivity contribution in [2.24, 2.45) is 0 Å². The van der Waals surface area contributed by atoms with E-state index in [4.69, 9.17) is 4.74 Å². The number of benzene rings is 2. The molecule has 2 aromatic carbocycles. The molecule has 7 nitrogen and oxygen atoms in total. The minimum atomic E-state index is -0.718. The Labute approximate surface area is 160 Å². The van der Waals surface area contributed by atoms with Crippen LogP contribution in [0.2, 0.25) is 0 Å². The number of carbonyl (C=O) groups excluding carboxylic acids is 2. The van der Waals surface area contributed by atoms with Crippen molar-refractivity contribution in [1.82, 2.24) is 4.98 Å². The normalized spacial score (nSPS) is 10.2. The number of H-pyrrole nitrogens is 1. The largest absolute Gasteiger partial charge is 0.465 e. The highest BCUT2D eigenvalue weighted by Gasteiger charge is 2.10. The number of aromatic amines is 1. The summed E-state index contributed by atoms with van der Waals surface area (Å²) in [6, 6.07) is 19.0. The third-order valence-electron chi connectivity index (χ3n) is 3.98. The standard InChI is InChI=1S/C21H18N2O5/c1-27-20(25)16-9-7-15(8-10-16)17-11-12-18(19(24)22-17)23-21(26)28-13-14-5-3-2-4-6-14/h2-12H,13H2,1H3,(H,22,24)(H,23,26). The Balaban J connectivity index is 1.66. The SMILES string of the molecule is COC(=O)c1ccc(-c2ccc(NC(=O)OCc3ccccc3)c(=O)[nH]2)cc1. The molecule has 0 aliphatic heterocycles. The Morgan fingerprint density at radius 2 is 1.68 bits per heavy atom. The molecule has 0 aliphatic carbocycles. The van der Waals surface area contributed by atoms with Gasteiger partial charge in [0.15, 0.2) is 0 Å². The van der Waals surface area contributed by atoms with E-state index in [0.717, 1.165) is 5.56 Å². The van der Waals surface area contributed by atoms with E-state index in [-0.39, 0.29) is 12.3 Å². The van der Waals surface area contributed by atoms with Gasteiger partial charge in [0.2, 0.25) is 0 Å². The number of anilines is 1. The predicted octanol–water partition coefficient (Wildman–Crippen LogP) is 3.58.